The Kier molecular flexibility index (Phi) is 49.7. The molecule has 1 aromatic rings. The molecule has 0 amide bonds. The normalized spacial score (nSPS) is 11.7. The van der Waals surface area contributed by atoms with Gasteiger partial charge in [0.15, 0.2) is 6.33 Å². The molecule has 2 nitrogen and oxygen atoms in total. The summed E-state index contributed by atoms with van der Waals surface area (Å²) in [7, 11) is 0. The highest BCUT2D eigenvalue weighted by molar-refractivity contribution is 5.25. The van der Waals surface area contributed by atoms with Gasteiger partial charge in [-0.2, -0.15) is 0 Å². The van der Waals surface area contributed by atoms with E-state index in [2.05, 4.69) is 27.1 Å². The van der Waals surface area contributed by atoms with E-state index in [0.29, 0.717) is 0 Å². The summed E-state index contributed by atoms with van der Waals surface area (Å²) in [6.45, 7) is 6.94. The van der Waals surface area contributed by atoms with E-state index in [1.165, 1.54) is 351 Å². The molecule has 2 heteroatoms. The summed E-state index contributed by atoms with van der Waals surface area (Å²) in [5, 5.41) is 0. The molecule has 1 heterocycles. The maximum absolute atomic E-state index is 4.84. The molecular weight excluding hydrogens is 761 g/mol. The van der Waals surface area contributed by atoms with Crippen LogP contribution in [-0.2, 0) is 19.3 Å². The average Bonchev–Trinajstić information content (AvgIpc) is 3.30. The monoisotopic (exact) mass is 878 g/mol. The molecule has 1 aromatic heterocycles. The highest BCUT2D eigenvalue weighted by Crippen LogP contribution is 2.22. The molecule has 0 atom stereocenters. The van der Waals surface area contributed by atoms with Gasteiger partial charge in [0.25, 0.3) is 0 Å². The van der Waals surface area contributed by atoms with E-state index in [0.717, 1.165) is 12.8 Å². The topological polar surface area (TPSA) is 25.8 Å². The minimum atomic E-state index is 1.14. The largest absolute Gasteiger partial charge is 0.230 e. The van der Waals surface area contributed by atoms with Crippen molar-refractivity contribution < 1.29 is 0 Å². The molecule has 0 aliphatic rings. The van der Waals surface area contributed by atoms with Crippen LogP contribution in [0, 0.1) is 6.33 Å². The van der Waals surface area contributed by atoms with E-state index in [4.69, 9.17) is 9.97 Å². The Labute approximate surface area is 399 Å². The van der Waals surface area contributed by atoms with E-state index >= 15 is 0 Å². The van der Waals surface area contributed by atoms with Crippen molar-refractivity contribution in [3.05, 3.63) is 23.3 Å². The fraction of sp³-hybridized carbons (Fsp3) is 0.934. The maximum atomic E-state index is 4.84. The summed E-state index contributed by atoms with van der Waals surface area (Å²) in [6.07, 6.45) is 79.6. The second-order valence-electron chi connectivity index (χ2n) is 20.9. The molecule has 1 rings (SSSR count). The first kappa shape index (κ1) is 60.1. The van der Waals surface area contributed by atoms with Gasteiger partial charge in [-0.25, -0.2) is 9.97 Å². The van der Waals surface area contributed by atoms with Gasteiger partial charge < -0.3 is 0 Å². The van der Waals surface area contributed by atoms with Crippen molar-refractivity contribution in [2.45, 2.75) is 367 Å². The van der Waals surface area contributed by atoms with Gasteiger partial charge in [0.1, 0.15) is 0 Å². The van der Waals surface area contributed by atoms with Crippen molar-refractivity contribution in [3.8, 4) is 0 Å². The third kappa shape index (κ3) is 43.4. The van der Waals surface area contributed by atoms with Gasteiger partial charge in [-0.05, 0) is 44.1 Å². The first-order valence-electron chi connectivity index (χ1n) is 30.1. The first-order chi connectivity index (χ1) is 31.3. The standard InChI is InChI=1S/C61H117N2/c1-4-7-10-13-16-19-22-25-28-31-34-37-40-43-46-49-52-55-59-60(56-53-50-47-44-41-38-35-32-29-26-23-20-17-14-11-8-5-2)62-58-63-61(59)57-54-51-48-45-42-39-36-33-30-27-24-21-18-15-12-9-6-3/h4-57H2,1-3H3. The van der Waals surface area contributed by atoms with Crippen molar-refractivity contribution >= 4 is 0 Å². The Morgan fingerprint density at radius 1 is 0.206 bits per heavy atom. The lowest BCUT2D eigenvalue weighted by Gasteiger charge is -2.13. The van der Waals surface area contributed by atoms with Crippen LogP contribution in [0.3, 0.4) is 0 Å². The van der Waals surface area contributed by atoms with Gasteiger partial charge in [-0.1, -0.05) is 329 Å². The minimum Gasteiger partial charge on any atom is -0.230 e. The lowest BCUT2D eigenvalue weighted by molar-refractivity contribution is 0.524. The van der Waals surface area contributed by atoms with Gasteiger partial charge in [0.05, 0.1) is 0 Å². The zero-order valence-corrected chi connectivity index (χ0v) is 44.1. The van der Waals surface area contributed by atoms with Crippen molar-refractivity contribution in [3.63, 3.8) is 0 Å². The highest BCUT2D eigenvalue weighted by Gasteiger charge is 2.12. The number of hydrogen-bond acceptors (Lipinski definition) is 2. The van der Waals surface area contributed by atoms with Gasteiger partial charge in [-0.15, -0.1) is 0 Å². The van der Waals surface area contributed by atoms with Gasteiger partial charge >= 0.3 is 0 Å². The molecule has 0 saturated heterocycles. The highest BCUT2D eigenvalue weighted by atomic mass is 14.8. The Bertz CT molecular complexity index is 931. The molecule has 0 aliphatic carbocycles. The van der Waals surface area contributed by atoms with Crippen LogP contribution in [-0.4, -0.2) is 9.97 Å². The van der Waals surface area contributed by atoms with Crippen LogP contribution in [0.5, 0.6) is 0 Å². The van der Waals surface area contributed by atoms with Crippen LogP contribution < -0.4 is 0 Å². The molecule has 0 aliphatic heterocycles. The van der Waals surface area contributed by atoms with Crippen molar-refractivity contribution in [1.82, 2.24) is 9.97 Å². The zero-order valence-electron chi connectivity index (χ0n) is 44.1. The van der Waals surface area contributed by atoms with Gasteiger partial charge in [0, 0.05) is 11.4 Å². The number of aryl methyl sites for hydroxylation is 2. The summed E-state index contributed by atoms with van der Waals surface area (Å²) in [5.41, 5.74) is 4.23. The van der Waals surface area contributed by atoms with E-state index in [9.17, 15) is 0 Å². The second kappa shape index (κ2) is 52.1. The summed E-state index contributed by atoms with van der Waals surface area (Å²) in [6, 6.07) is 0. The van der Waals surface area contributed by atoms with Crippen molar-refractivity contribution in [2.75, 3.05) is 0 Å². The molecule has 371 valence electrons. The van der Waals surface area contributed by atoms with Crippen molar-refractivity contribution in [1.29, 1.82) is 0 Å². The van der Waals surface area contributed by atoms with Crippen LogP contribution in [0.15, 0.2) is 0 Å². The first-order valence-corrected chi connectivity index (χ1v) is 30.1. The maximum Gasteiger partial charge on any atom is 0.198 e. The minimum absolute atomic E-state index is 1.14. The molecular formula is C61H117N2. The third-order valence-corrected chi connectivity index (χ3v) is 14.6. The zero-order chi connectivity index (χ0) is 45.0. The third-order valence-electron chi connectivity index (χ3n) is 14.6. The molecule has 0 saturated carbocycles. The molecule has 0 bridgehead atoms. The van der Waals surface area contributed by atoms with E-state index < -0.39 is 0 Å². The lowest BCUT2D eigenvalue weighted by atomic mass is 9.96. The van der Waals surface area contributed by atoms with Crippen LogP contribution in [0.4, 0.5) is 0 Å². The van der Waals surface area contributed by atoms with Crippen LogP contribution in [0.1, 0.15) is 365 Å². The van der Waals surface area contributed by atoms with Crippen molar-refractivity contribution in [2.24, 2.45) is 0 Å². The predicted octanol–water partition coefficient (Wildman–Crippen LogP) is 21.9. The van der Waals surface area contributed by atoms with Crippen LogP contribution in [0.2, 0.25) is 0 Å². The quantitative estimate of drug-likeness (QED) is 0.0609. The van der Waals surface area contributed by atoms with Crippen LogP contribution in [0.25, 0.3) is 0 Å². The number of unbranched alkanes of at least 4 members (excludes halogenated alkanes) is 48. The molecule has 0 spiro atoms. The summed E-state index contributed by atoms with van der Waals surface area (Å²) in [4.78, 5) is 9.67. The molecule has 1 radical (unpaired) electrons. The predicted molar refractivity (Wildman–Crippen MR) is 284 cm³/mol. The van der Waals surface area contributed by atoms with E-state index in [1.807, 2.05) is 0 Å². The number of hydrogen-bond donors (Lipinski definition) is 0. The van der Waals surface area contributed by atoms with E-state index in [-0.39, 0.29) is 0 Å². The summed E-state index contributed by atoms with van der Waals surface area (Å²) in [5.74, 6) is 0. The summed E-state index contributed by atoms with van der Waals surface area (Å²) >= 11 is 0. The van der Waals surface area contributed by atoms with E-state index in [1.54, 1.807) is 0 Å². The van der Waals surface area contributed by atoms with Gasteiger partial charge in [0.2, 0.25) is 0 Å². The number of rotatable bonds is 54. The Morgan fingerprint density at radius 2 is 0.365 bits per heavy atom. The molecule has 63 heavy (non-hydrogen) atoms. The number of aromatic nitrogens is 2. The molecule has 0 aromatic carbocycles. The van der Waals surface area contributed by atoms with Crippen LogP contribution >= 0.6 is 0 Å². The SMILES string of the molecule is CCCCCCCCCCCCCCCCCCCc1n[c]nc(CCCCCCCCCCCCCCCCCCC)c1CCCCCCCCCCCCCCCCCCC. The number of nitrogens with zero attached hydrogens (tertiary/aromatic N) is 2. The molecule has 0 unspecified atom stereocenters. The fourth-order valence-corrected chi connectivity index (χ4v) is 10.2. The Balaban J connectivity index is 2.29. The Hall–Kier alpha value is -0.920. The average molecular weight is 879 g/mol. The lowest BCUT2D eigenvalue weighted by Crippen LogP contribution is -2.07. The fourth-order valence-electron chi connectivity index (χ4n) is 10.2. The molecule has 0 fully saturated rings. The molecule has 0 N–H and O–H groups in total. The van der Waals surface area contributed by atoms with Gasteiger partial charge in [-0.3, -0.25) is 0 Å². The smallest absolute Gasteiger partial charge is 0.198 e. The summed E-state index contributed by atoms with van der Waals surface area (Å²) < 4.78 is 0. The Morgan fingerprint density at radius 3 is 0.556 bits per heavy atom. The second-order valence-corrected chi connectivity index (χ2v) is 20.9.